The molecule has 2 aromatic carbocycles. The first-order chi connectivity index (χ1) is 13.4. The largest absolute Gasteiger partial charge is 0.307 e. The molecule has 1 spiro atoms. The molecule has 2 heterocycles. The van der Waals surface area contributed by atoms with Gasteiger partial charge in [-0.25, -0.2) is 4.39 Å². The lowest BCUT2D eigenvalue weighted by Crippen LogP contribution is -2.46. The third kappa shape index (κ3) is 3.34. The van der Waals surface area contributed by atoms with E-state index in [9.17, 15) is 9.18 Å². The number of anilines is 1. The highest BCUT2D eigenvalue weighted by Crippen LogP contribution is 2.48. The van der Waals surface area contributed by atoms with Gasteiger partial charge in [0, 0.05) is 29.2 Å². The number of amides is 1. The summed E-state index contributed by atoms with van der Waals surface area (Å²) in [5, 5.41) is 0.805. The molecule has 2 aromatic rings. The summed E-state index contributed by atoms with van der Waals surface area (Å²) in [4.78, 5) is 17.4. The lowest BCUT2D eigenvalue weighted by molar-refractivity contribution is 0.0978. The lowest BCUT2D eigenvalue weighted by atomic mass is 9.74. The summed E-state index contributed by atoms with van der Waals surface area (Å²) >= 11 is 12.3. The number of carbonyl (C=O) groups is 1. The molecule has 2 aliphatic rings. The standard InChI is InChI=1S/C22H21Cl2FN2O/c1-2-9-26-10-7-22(8-11-26)14-27(20-6-4-16(25)13-18(20)22)21(28)17-5-3-15(23)12-19(17)24/h2-6,12-13H,1,7-11,14H2. The number of carbonyl (C=O) groups excluding carboxylic acids is 1. The van der Waals surface area contributed by atoms with E-state index in [1.807, 2.05) is 6.08 Å². The predicted molar refractivity (Wildman–Crippen MR) is 112 cm³/mol. The highest BCUT2D eigenvalue weighted by atomic mass is 35.5. The van der Waals surface area contributed by atoms with E-state index in [0.29, 0.717) is 22.2 Å². The summed E-state index contributed by atoms with van der Waals surface area (Å²) in [6.45, 7) is 6.97. The number of piperidine rings is 1. The van der Waals surface area contributed by atoms with Gasteiger partial charge in [-0.1, -0.05) is 29.3 Å². The molecular formula is C22H21Cl2FN2O. The van der Waals surface area contributed by atoms with E-state index in [2.05, 4.69) is 11.5 Å². The number of rotatable bonds is 3. The second-order valence-electron chi connectivity index (χ2n) is 7.55. The van der Waals surface area contributed by atoms with E-state index < -0.39 is 0 Å². The van der Waals surface area contributed by atoms with Crippen LogP contribution in [0.4, 0.5) is 10.1 Å². The van der Waals surface area contributed by atoms with E-state index in [0.717, 1.165) is 43.7 Å². The van der Waals surface area contributed by atoms with E-state index in [4.69, 9.17) is 23.2 Å². The van der Waals surface area contributed by atoms with Crippen LogP contribution in [0.3, 0.4) is 0 Å². The summed E-state index contributed by atoms with van der Waals surface area (Å²) in [5.74, 6) is -0.453. The number of hydrogen-bond donors (Lipinski definition) is 0. The van der Waals surface area contributed by atoms with Gasteiger partial charge in [-0.3, -0.25) is 9.69 Å². The molecule has 0 unspecified atom stereocenters. The fourth-order valence-corrected chi connectivity index (χ4v) is 4.89. The molecule has 4 rings (SSSR count). The summed E-state index contributed by atoms with van der Waals surface area (Å²) in [7, 11) is 0. The van der Waals surface area contributed by atoms with E-state index >= 15 is 0 Å². The van der Waals surface area contributed by atoms with Crippen LogP contribution in [0.5, 0.6) is 0 Å². The normalized spacial score (nSPS) is 18.3. The van der Waals surface area contributed by atoms with Gasteiger partial charge in [0.05, 0.1) is 10.6 Å². The molecule has 0 bridgehead atoms. The Morgan fingerprint density at radius 3 is 2.61 bits per heavy atom. The highest BCUT2D eigenvalue weighted by Gasteiger charge is 2.46. The fraction of sp³-hybridized carbons (Fsp3) is 0.318. The summed E-state index contributed by atoms with van der Waals surface area (Å²) in [6.07, 6.45) is 3.64. The lowest BCUT2D eigenvalue weighted by Gasteiger charge is -2.39. The van der Waals surface area contributed by atoms with Crippen LogP contribution in [0, 0.1) is 5.82 Å². The molecule has 1 saturated heterocycles. The second-order valence-corrected chi connectivity index (χ2v) is 8.39. The number of hydrogen-bond acceptors (Lipinski definition) is 2. The smallest absolute Gasteiger partial charge is 0.259 e. The Bertz CT molecular complexity index is 938. The minimum atomic E-state index is -0.273. The van der Waals surface area contributed by atoms with Crippen molar-refractivity contribution in [1.29, 1.82) is 0 Å². The SMILES string of the molecule is C=CCN1CCC2(CC1)CN(C(=O)c1ccc(Cl)cc1Cl)c1ccc(F)cc12. The van der Waals surface area contributed by atoms with Gasteiger partial charge in [0.15, 0.2) is 0 Å². The molecule has 1 amide bonds. The first-order valence-corrected chi connectivity index (χ1v) is 10.1. The Hall–Kier alpha value is -1.88. The van der Waals surface area contributed by atoms with Crippen molar-refractivity contribution in [2.75, 3.05) is 31.1 Å². The first kappa shape index (κ1) is 19.4. The zero-order valence-electron chi connectivity index (χ0n) is 15.4. The number of nitrogens with zero attached hydrogens (tertiary/aromatic N) is 2. The maximum atomic E-state index is 14.1. The number of fused-ring (bicyclic) bond motifs is 2. The summed E-state index contributed by atoms with van der Waals surface area (Å²) < 4.78 is 14.1. The molecule has 2 aliphatic heterocycles. The second kappa shape index (κ2) is 7.51. The van der Waals surface area contributed by atoms with E-state index in [1.165, 1.54) is 6.07 Å². The Morgan fingerprint density at radius 1 is 1.18 bits per heavy atom. The molecule has 0 aromatic heterocycles. The highest BCUT2D eigenvalue weighted by molar-refractivity contribution is 6.37. The maximum absolute atomic E-state index is 14.1. The molecule has 6 heteroatoms. The number of benzene rings is 2. The molecule has 0 atom stereocenters. The van der Waals surface area contributed by atoms with Crippen molar-refractivity contribution in [1.82, 2.24) is 4.90 Å². The van der Waals surface area contributed by atoms with Gasteiger partial charge in [-0.2, -0.15) is 0 Å². The molecule has 0 N–H and O–H groups in total. The van der Waals surface area contributed by atoms with Crippen molar-refractivity contribution in [3.8, 4) is 0 Å². The van der Waals surface area contributed by atoms with Crippen LogP contribution in [-0.4, -0.2) is 37.0 Å². The van der Waals surface area contributed by atoms with E-state index in [1.54, 1.807) is 35.2 Å². The van der Waals surface area contributed by atoms with Crippen LogP contribution in [0.25, 0.3) is 0 Å². The van der Waals surface area contributed by atoms with Gasteiger partial charge in [0.25, 0.3) is 5.91 Å². The molecule has 1 fully saturated rings. The van der Waals surface area contributed by atoms with Crippen molar-refractivity contribution in [2.45, 2.75) is 18.3 Å². The van der Waals surface area contributed by atoms with Crippen LogP contribution < -0.4 is 4.90 Å². The average Bonchev–Trinajstić information content (AvgIpc) is 2.97. The van der Waals surface area contributed by atoms with Crippen LogP contribution in [0.2, 0.25) is 10.0 Å². The minimum absolute atomic E-state index is 0.181. The van der Waals surface area contributed by atoms with Crippen molar-refractivity contribution in [2.24, 2.45) is 0 Å². The van der Waals surface area contributed by atoms with Gasteiger partial charge in [-0.15, -0.1) is 6.58 Å². The Balaban J connectivity index is 1.70. The monoisotopic (exact) mass is 418 g/mol. The first-order valence-electron chi connectivity index (χ1n) is 9.34. The Labute approximate surface area is 174 Å². The Morgan fingerprint density at radius 2 is 1.93 bits per heavy atom. The molecular weight excluding hydrogens is 398 g/mol. The molecule has 146 valence electrons. The average molecular weight is 419 g/mol. The fourth-order valence-electron chi connectivity index (χ4n) is 4.40. The zero-order chi connectivity index (χ0) is 19.9. The molecule has 28 heavy (non-hydrogen) atoms. The van der Waals surface area contributed by atoms with Crippen LogP contribution in [-0.2, 0) is 5.41 Å². The zero-order valence-corrected chi connectivity index (χ0v) is 16.9. The topological polar surface area (TPSA) is 23.6 Å². The Kier molecular flexibility index (Phi) is 5.21. The summed E-state index contributed by atoms with van der Waals surface area (Å²) in [5.41, 5.74) is 1.87. The quantitative estimate of drug-likeness (QED) is 0.630. The van der Waals surface area contributed by atoms with Gasteiger partial charge in [-0.05, 0) is 67.9 Å². The maximum Gasteiger partial charge on any atom is 0.259 e. The molecule has 0 radical (unpaired) electrons. The third-order valence-electron chi connectivity index (χ3n) is 5.89. The van der Waals surface area contributed by atoms with Crippen LogP contribution in [0.15, 0.2) is 49.1 Å². The van der Waals surface area contributed by atoms with Crippen molar-refractivity contribution in [3.63, 3.8) is 0 Å². The summed E-state index contributed by atoms with van der Waals surface area (Å²) in [6, 6.07) is 9.59. The predicted octanol–water partition coefficient (Wildman–Crippen LogP) is 5.31. The van der Waals surface area contributed by atoms with Gasteiger partial charge >= 0.3 is 0 Å². The van der Waals surface area contributed by atoms with E-state index in [-0.39, 0.29) is 17.1 Å². The molecule has 0 aliphatic carbocycles. The molecule has 3 nitrogen and oxygen atoms in total. The van der Waals surface area contributed by atoms with Crippen molar-refractivity contribution in [3.05, 3.63) is 76.0 Å². The van der Waals surface area contributed by atoms with Gasteiger partial charge in [0.2, 0.25) is 0 Å². The van der Waals surface area contributed by atoms with Gasteiger partial charge in [0.1, 0.15) is 5.82 Å². The van der Waals surface area contributed by atoms with Crippen LogP contribution >= 0.6 is 23.2 Å². The molecule has 0 saturated carbocycles. The van der Waals surface area contributed by atoms with Crippen molar-refractivity contribution < 1.29 is 9.18 Å². The van der Waals surface area contributed by atoms with Gasteiger partial charge < -0.3 is 4.90 Å². The third-order valence-corrected chi connectivity index (χ3v) is 6.44. The number of likely N-dealkylation sites (tertiary alicyclic amines) is 1. The van der Waals surface area contributed by atoms with Crippen molar-refractivity contribution >= 4 is 34.8 Å². The van der Waals surface area contributed by atoms with Crippen LogP contribution in [0.1, 0.15) is 28.8 Å². The minimum Gasteiger partial charge on any atom is -0.307 e. The number of halogens is 3.